The van der Waals surface area contributed by atoms with E-state index < -0.39 is 17.4 Å². The third kappa shape index (κ3) is 3.10. The Bertz CT molecular complexity index is 974. The second kappa shape index (κ2) is 6.46. The summed E-state index contributed by atoms with van der Waals surface area (Å²) in [7, 11) is 1.55. The van der Waals surface area contributed by atoms with Crippen molar-refractivity contribution in [2.75, 3.05) is 25.1 Å². The minimum atomic E-state index is -1.60. The maximum Gasteiger partial charge on any atom is 0.511 e. The Hall–Kier alpha value is -2.72. The molecule has 1 aliphatic carbocycles. The van der Waals surface area contributed by atoms with Gasteiger partial charge in [-0.05, 0) is 18.9 Å². The summed E-state index contributed by atoms with van der Waals surface area (Å²) in [5.41, 5.74) is 5.60. The minimum Gasteiger partial charge on any atom is -0.449 e. The Morgan fingerprint density at radius 2 is 2.15 bits per heavy atom. The number of nitrogens with two attached hydrogens (primary N) is 1. The van der Waals surface area contributed by atoms with Crippen LogP contribution in [0, 0.1) is 5.82 Å². The summed E-state index contributed by atoms with van der Waals surface area (Å²) in [6.07, 6.45) is 1.21. The van der Waals surface area contributed by atoms with Crippen molar-refractivity contribution in [1.82, 2.24) is 9.55 Å². The number of aromatic nitrogens is 2. The van der Waals surface area contributed by atoms with E-state index >= 15 is 0 Å². The number of carboxylic acid groups (broad SMARTS) is 1. The molecule has 2 fully saturated rings. The highest BCUT2D eigenvalue weighted by atomic mass is 19.1. The molecule has 4 rings (SSSR count). The smallest absolute Gasteiger partial charge is 0.449 e. The van der Waals surface area contributed by atoms with Crippen molar-refractivity contribution < 1.29 is 23.8 Å². The lowest BCUT2D eigenvalue weighted by Gasteiger charge is -2.19. The molecule has 2 aromatic rings. The summed E-state index contributed by atoms with van der Waals surface area (Å²) in [6, 6.07) is 0.880. The average Bonchev–Trinajstić information content (AvgIpc) is 3.39. The standard InChI is InChI=1S/C17H19FN4O5/c1-26-12-6-21(5-11(12)19)16-10(18)4-9-14(23)13(27-17(24)25)7-22(8-2-3-8)15(9)20-16/h4,7-8,11-12H,2-3,5-6,19H2,1H3,(H,24,25)/t11-,12+/m0/s1. The van der Waals surface area contributed by atoms with Gasteiger partial charge in [-0.1, -0.05) is 0 Å². The van der Waals surface area contributed by atoms with E-state index in [0.29, 0.717) is 18.7 Å². The van der Waals surface area contributed by atoms with Crippen LogP contribution in [-0.2, 0) is 4.74 Å². The summed E-state index contributed by atoms with van der Waals surface area (Å²) in [6.45, 7) is 0.767. The third-order valence-electron chi connectivity index (χ3n) is 4.96. The first-order valence-corrected chi connectivity index (χ1v) is 8.58. The van der Waals surface area contributed by atoms with E-state index in [1.807, 2.05) is 0 Å². The summed E-state index contributed by atoms with van der Waals surface area (Å²) < 4.78 is 26.3. The zero-order valence-corrected chi connectivity index (χ0v) is 14.6. The van der Waals surface area contributed by atoms with Crippen molar-refractivity contribution in [3.8, 4) is 5.75 Å². The number of hydrogen-bond acceptors (Lipinski definition) is 7. The van der Waals surface area contributed by atoms with Gasteiger partial charge in [-0.3, -0.25) is 4.79 Å². The number of ether oxygens (including phenoxy) is 2. The number of methoxy groups -OCH3 is 1. The fourth-order valence-electron chi connectivity index (χ4n) is 3.45. The Kier molecular flexibility index (Phi) is 4.23. The molecule has 0 spiro atoms. The van der Waals surface area contributed by atoms with Gasteiger partial charge in [-0.2, -0.15) is 0 Å². The van der Waals surface area contributed by atoms with E-state index in [-0.39, 0.29) is 35.1 Å². The van der Waals surface area contributed by atoms with Gasteiger partial charge in [0, 0.05) is 26.2 Å². The maximum absolute atomic E-state index is 14.8. The van der Waals surface area contributed by atoms with E-state index in [2.05, 4.69) is 9.72 Å². The third-order valence-corrected chi connectivity index (χ3v) is 4.96. The van der Waals surface area contributed by atoms with E-state index in [1.165, 1.54) is 6.20 Å². The topological polar surface area (TPSA) is 120 Å². The maximum atomic E-state index is 14.8. The summed E-state index contributed by atoms with van der Waals surface area (Å²) in [5.74, 6) is -0.949. The molecule has 2 atom stereocenters. The number of rotatable bonds is 4. The first-order chi connectivity index (χ1) is 12.9. The number of halogens is 1. The molecule has 3 heterocycles. The van der Waals surface area contributed by atoms with Crippen molar-refractivity contribution in [2.45, 2.75) is 31.0 Å². The lowest BCUT2D eigenvalue weighted by atomic mass is 10.2. The first kappa shape index (κ1) is 17.7. The number of fused-ring (bicyclic) bond motifs is 1. The van der Waals surface area contributed by atoms with Crippen molar-refractivity contribution >= 4 is 23.0 Å². The second-order valence-electron chi connectivity index (χ2n) is 6.84. The van der Waals surface area contributed by atoms with Crippen LogP contribution in [0.2, 0.25) is 0 Å². The molecule has 0 bridgehead atoms. The quantitative estimate of drug-likeness (QED) is 0.759. The molecular weight excluding hydrogens is 359 g/mol. The minimum absolute atomic E-state index is 0.0197. The molecular formula is C17H19FN4O5. The van der Waals surface area contributed by atoms with Gasteiger partial charge in [0.15, 0.2) is 17.4 Å². The number of anilines is 1. The zero-order chi connectivity index (χ0) is 19.3. The van der Waals surface area contributed by atoms with Crippen molar-refractivity contribution in [2.24, 2.45) is 5.73 Å². The van der Waals surface area contributed by atoms with Crippen molar-refractivity contribution in [3.63, 3.8) is 0 Å². The highest BCUT2D eigenvalue weighted by molar-refractivity contribution is 5.80. The lowest BCUT2D eigenvalue weighted by molar-refractivity contribution is 0.108. The fourth-order valence-corrected chi connectivity index (χ4v) is 3.45. The van der Waals surface area contributed by atoms with E-state index in [0.717, 1.165) is 18.9 Å². The van der Waals surface area contributed by atoms with Crippen LogP contribution in [0.15, 0.2) is 17.1 Å². The van der Waals surface area contributed by atoms with Gasteiger partial charge in [0.25, 0.3) is 0 Å². The van der Waals surface area contributed by atoms with Crippen LogP contribution < -0.4 is 20.8 Å². The average molecular weight is 378 g/mol. The molecule has 2 aliphatic rings. The molecule has 1 saturated heterocycles. The van der Waals surface area contributed by atoms with Gasteiger partial charge in [-0.25, -0.2) is 14.2 Å². The second-order valence-corrected chi connectivity index (χ2v) is 6.84. The van der Waals surface area contributed by atoms with Gasteiger partial charge in [0.2, 0.25) is 5.43 Å². The molecule has 0 unspecified atom stereocenters. The first-order valence-electron chi connectivity index (χ1n) is 8.58. The van der Waals surface area contributed by atoms with Crippen LogP contribution >= 0.6 is 0 Å². The van der Waals surface area contributed by atoms with E-state index in [1.54, 1.807) is 16.6 Å². The van der Waals surface area contributed by atoms with Crippen LogP contribution in [0.4, 0.5) is 15.0 Å². The molecule has 10 heteroatoms. The molecule has 27 heavy (non-hydrogen) atoms. The van der Waals surface area contributed by atoms with E-state index in [9.17, 15) is 14.0 Å². The van der Waals surface area contributed by atoms with Gasteiger partial charge in [0.05, 0.1) is 23.7 Å². The highest BCUT2D eigenvalue weighted by Gasteiger charge is 2.33. The number of carbonyl (C=O) groups is 1. The van der Waals surface area contributed by atoms with Gasteiger partial charge in [0.1, 0.15) is 5.65 Å². The predicted molar refractivity (Wildman–Crippen MR) is 93.9 cm³/mol. The predicted octanol–water partition coefficient (Wildman–Crippen LogP) is 1.09. The number of nitrogens with zero attached hydrogens (tertiary/aromatic N) is 3. The monoisotopic (exact) mass is 378 g/mol. The SMILES string of the molecule is CO[C@@H]1CN(c2nc3c(cc2F)c(=O)c(OC(=O)O)cn3C2CC2)C[C@@H]1N. The summed E-state index contributed by atoms with van der Waals surface area (Å²) >= 11 is 0. The zero-order valence-electron chi connectivity index (χ0n) is 14.6. The van der Waals surface area contributed by atoms with Gasteiger partial charge in [-0.15, -0.1) is 0 Å². The molecule has 1 saturated carbocycles. The Labute approximate surface area is 153 Å². The van der Waals surface area contributed by atoms with Gasteiger partial charge >= 0.3 is 6.16 Å². The Morgan fingerprint density at radius 3 is 2.74 bits per heavy atom. The largest absolute Gasteiger partial charge is 0.511 e. The molecule has 1 aliphatic heterocycles. The lowest BCUT2D eigenvalue weighted by Crippen LogP contribution is -2.34. The molecule has 0 radical (unpaired) electrons. The molecule has 0 amide bonds. The normalized spacial score (nSPS) is 22.4. The molecule has 3 N–H and O–H groups in total. The molecule has 9 nitrogen and oxygen atoms in total. The highest BCUT2D eigenvalue weighted by Crippen LogP contribution is 2.38. The van der Waals surface area contributed by atoms with Crippen molar-refractivity contribution in [1.29, 1.82) is 0 Å². The van der Waals surface area contributed by atoms with E-state index in [4.69, 9.17) is 15.6 Å². The van der Waals surface area contributed by atoms with Crippen molar-refractivity contribution in [3.05, 3.63) is 28.3 Å². The summed E-state index contributed by atoms with van der Waals surface area (Å²) in [4.78, 5) is 29.5. The van der Waals surface area contributed by atoms with Crippen LogP contribution in [0.1, 0.15) is 18.9 Å². The number of hydrogen-bond donors (Lipinski definition) is 2. The fraction of sp³-hybridized carbons (Fsp3) is 0.471. The molecule has 0 aromatic carbocycles. The Balaban J connectivity index is 1.85. The molecule has 2 aromatic heterocycles. The van der Waals surface area contributed by atoms with Crippen LogP contribution in [0.5, 0.6) is 5.75 Å². The van der Waals surface area contributed by atoms with Gasteiger partial charge < -0.3 is 29.8 Å². The van der Waals surface area contributed by atoms with Crippen LogP contribution in [-0.4, -0.2) is 53.2 Å². The van der Waals surface area contributed by atoms with Crippen LogP contribution in [0.25, 0.3) is 11.0 Å². The summed E-state index contributed by atoms with van der Waals surface area (Å²) in [5, 5.41) is 8.81. The molecule has 144 valence electrons. The Morgan fingerprint density at radius 1 is 1.41 bits per heavy atom. The number of pyridine rings is 2. The van der Waals surface area contributed by atoms with Crippen LogP contribution in [0.3, 0.4) is 0 Å².